The van der Waals surface area contributed by atoms with E-state index in [1.807, 2.05) is 25.4 Å². The average molecular weight is 269 g/mol. The van der Waals surface area contributed by atoms with Crippen LogP contribution < -0.4 is 5.32 Å². The number of anilines is 1. The number of aromatic nitrogens is 2. The molecule has 1 N–H and O–H groups in total. The van der Waals surface area contributed by atoms with Crippen molar-refractivity contribution in [1.82, 2.24) is 9.97 Å². The molecule has 3 rings (SSSR count). The maximum absolute atomic E-state index is 5.55. The van der Waals surface area contributed by atoms with Gasteiger partial charge in [0.05, 0.1) is 5.41 Å². The standard InChI is InChI=1S/C16H19N3O/c1-17-14-7-10-18-15(19-14)16(8-11-20-12-9-16)13-5-3-2-4-6-13/h2-7,10H,8-9,11-12H2,1H3,(H,17,18,19). The highest BCUT2D eigenvalue weighted by Crippen LogP contribution is 2.39. The lowest BCUT2D eigenvalue weighted by atomic mass is 9.73. The third-order valence-corrected chi connectivity index (χ3v) is 4.01. The Labute approximate surface area is 119 Å². The van der Waals surface area contributed by atoms with Crippen LogP contribution in [-0.2, 0) is 10.2 Å². The van der Waals surface area contributed by atoms with Gasteiger partial charge in [-0.1, -0.05) is 30.3 Å². The molecule has 0 spiro atoms. The Balaban J connectivity index is 2.10. The zero-order valence-corrected chi connectivity index (χ0v) is 11.7. The quantitative estimate of drug-likeness (QED) is 0.930. The predicted octanol–water partition coefficient (Wildman–Crippen LogP) is 2.61. The van der Waals surface area contributed by atoms with E-state index in [2.05, 4.69) is 39.6 Å². The van der Waals surface area contributed by atoms with Crippen molar-refractivity contribution in [1.29, 1.82) is 0 Å². The van der Waals surface area contributed by atoms with Crippen molar-refractivity contribution >= 4 is 5.82 Å². The van der Waals surface area contributed by atoms with Gasteiger partial charge in [-0.3, -0.25) is 0 Å². The molecule has 0 unspecified atom stereocenters. The number of rotatable bonds is 3. The minimum absolute atomic E-state index is 0.133. The van der Waals surface area contributed by atoms with Gasteiger partial charge >= 0.3 is 0 Å². The number of hydrogen-bond acceptors (Lipinski definition) is 4. The first-order chi connectivity index (χ1) is 9.85. The minimum atomic E-state index is -0.133. The van der Waals surface area contributed by atoms with E-state index in [4.69, 9.17) is 4.74 Å². The monoisotopic (exact) mass is 269 g/mol. The molecule has 0 amide bonds. The predicted molar refractivity (Wildman–Crippen MR) is 78.9 cm³/mol. The minimum Gasteiger partial charge on any atom is -0.381 e. The third-order valence-electron chi connectivity index (χ3n) is 4.01. The molecule has 0 saturated carbocycles. The SMILES string of the molecule is CNc1ccnc(C2(c3ccccc3)CCOCC2)n1. The zero-order valence-electron chi connectivity index (χ0n) is 11.7. The number of benzene rings is 1. The molecule has 1 aromatic carbocycles. The summed E-state index contributed by atoms with van der Waals surface area (Å²) in [7, 11) is 1.88. The highest BCUT2D eigenvalue weighted by atomic mass is 16.5. The maximum atomic E-state index is 5.55. The Kier molecular flexibility index (Phi) is 3.65. The number of nitrogens with zero attached hydrogens (tertiary/aromatic N) is 2. The first-order valence-electron chi connectivity index (χ1n) is 7.00. The summed E-state index contributed by atoms with van der Waals surface area (Å²) in [6, 6.07) is 12.4. The Morgan fingerprint density at radius 1 is 1.10 bits per heavy atom. The molecule has 1 aliphatic heterocycles. The van der Waals surface area contributed by atoms with Gasteiger partial charge in [-0.05, 0) is 24.5 Å². The van der Waals surface area contributed by atoms with Crippen LogP contribution in [0.1, 0.15) is 24.2 Å². The van der Waals surface area contributed by atoms with Gasteiger partial charge in [0.15, 0.2) is 0 Å². The fourth-order valence-electron chi connectivity index (χ4n) is 2.85. The van der Waals surface area contributed by atoms with E-state index in [-0.39, 0.29) is 5.41 Å². The molecule has 2 aromatic rings. The smallest absolute Gasteiger partial charge is 0.141 e. The van der Waals surface area contributed by atoms with E-state index in [9.17, 15) is 0 Å². The zero-order chi connectivity index (χ0) is 13.8. The highest BCUT2D eigenvalue weighted by molar-refractivity contribution is 5.38. The summed E-state index contributed by atoms with van der Waals surface area (Å²) in [4.78, 5) is 9.24. The molecular formula is C16H19N3O. The summed E-state index contributed by atoms with van der Waals surface area (Å²) in [6.07, 6.45) is 3.67. The van der Waals surface area contributed by atoms with Crippen LogP contribution in [0.15, 0.2) is 42.6 Å². The first-order valence-corrected chi connectivity index (χ1v) is 7.00. The van der Waals surface area contributed by atoms with Gasteiger partial charge in [-0.2, -0.15) is 0 Å². The van der Waals surface area contributed by atoms with Crippen LogP contribution in [-0.4, -0.2) is 30.2 Å². The third kappa shape index (κ3) is 2.27. The van der Waals surface area contributed by atoms with E-state index in [1.54, 1.807) is 0 Å². The van der Waals surface area contributed by atoms with Crippen molar-refractivity contribution in [2.45, 2.75) is 18.3 Å². The summed E-state index contributed by atoms with van der Waals surface area (Å²) in [5, 5.41) is 3.09. The molecule has 1 aliphatic rings. The van der Waals surface area contributed by atoms with E-state index >= 15 is 0 Å². The maximum Gasteiger partial charge on any atom is 0.141 e. The molecule has 0 aliphatic carbocycles. The van der Waals surface area contributed by atoms with Crippen molar-refractivity contribution in [3.8, 4) is 0 Å². The summed E-state index contributed by atoms with van der Waals surface area (Å²) >= 11 is 0. The highest BCUT2D eigenvalue weighted by Gasteiger charge is 2.38. The van der Waals surface area contributed by atoms with Gasteiger partial charge in [0.2, 0.25) is 0 Å². The molecule has 1 fully saturated rings. The topological polar surface area (TPSA) is 47.0 Å². The molecule has 1 saturated heterocycles. The second kappa shape index (κ2) is 5.59. The van der Waals surface area contributed by atoms with Gasteiger partial charge in [0.25, 0.3) is 0 Å². The van der Waals surface area contributed by atoms with Crippen molar-refractivity contribution < 1.29 is 4.74 Å². The lowest BCUT2D eigenvalue weighted by molar-refractivity contribution is 0.0605. The molecular weight excluding hydrogens is 250 g/mol. The summed E-state index contributed by atoms with van der Waals surface area (Å²) in [6.45, 7) is 1.50. The van der Waals surface area contributed by atoms with E-state index in [0.29, 0.717) is 0 Å². The van der Waals surface area contributed by atoms with Crippen LogP contribution in [0.25, 0.3) is 0 Å². The van der Waals surface area contributed by atoms with Gasteiger partial charge in [-0.25, -0.2) is 9.97 Å². The molecule has 0 radical (unpaired) electrons. The van der Waals surface area contributed by atoms with Crippen molar-refractivity contribution in [3.05, 3.63) is 54.0 Å². The fourth-order valence-corrected chi connectivity index (χ4v) is 2.85. The molecule has 4 nitrogen and oxygen atoms in total. The lowest BCUT2D eigenvalue weighted by Crippen LogP contribution is -2.36. The van der Waals surface area contributed by atoms with E-state index < -0.39 is 0 Å². The van der Waals surface area contributed by atoms with E-state index in [0.717, 1.165) is 37.7 Å². The van der Waals surface area contributed by atoms with Gasteiger partial charge in [-0.15, -0.1) is 0 Å². The fraction of sp³-hybridized carbons (Fsp3) is 0.375. The van der Waals surface area contributed by atoms with Gasteiger partial charge in [0, 0.05) is 26.5 Å². The molecule has 104 valence electrons. The molecule has 4 heteroatoms. The summed E-state index contributed by atoms with van der Waals surface area (Å²) in [5.74, 6) is 1.75. The number of nitrogens with one attached hydrogen (secondary N) is 1. The van der Waals surface area contributed by atoms with Crippen LogP contribution in [0.5, 0.6) is 0 Å². The van der Waals surface area contributed by atoms with Crippen LogP contribution >= 0.6 is 0 Å². The molecule has 20 heavy (non-hydrogen) atoms. The van der Waals surface area contributed by atoms with Crippen molar-refractivity contribution in [2.24, 2.45) is 0 Å². The Bertz CT molecular complexity index is 565. The summed E-state index contributed by atoms with van der Waals surface area (Å²) < 4.78 is 5.55. The Morgan fingerprint density at radius 2 is 1.85 bits per heavy atom. The van der Waals surface area contributed by atoms with Gasteiger partial charge < -0.3 is 10.1 Å². The lowest BCUT2D eigenvalue weighted by Gasteiger charge is -2.36. The Morgan fingerprint density at radius 3 is 2.55 bits per heavy atom. The van der Waals surface area contributed by atoms with Crippen LogP contribution in [0.4, 0.5) is 5.82 Å². The summed E-state index contributed by atoms with van der Waals surface area (Å²) in [5.41, 5.74) is 1.14. The average Bonchev–Trinajstić information content (AvgIpc) is 2.56. The van der Waals surface area contributed by atoms with Gasteiger partial charge in [0.1, 0.15) is 11.6 Å². The van der Waals surface area contributed by atoms with E-state index in [1.165, 1.54) is 5.56 Å². The van der Waals surface area contributed by atoms with Crippen LogP contribution in [0.2, 0.25) is 0 Å². The van der Waals surface area contributed by atoms with Crippen molar-refractivity contribution in [3.63, 3.8) is 0 Å². The molecule has 2 heterocycles. The Hall–Kier alpha value is -1.94. The first kappa shape index (κ1) is 13.1. The second-order valence-corrected chi connectivity index (χ2v) is 5.08. The van der Waals surface area contributed by atoms with Crippen LogP contribution in [0.3, 0.4) is 0 Å². The molecule has 0 bridgehead atoms. The molecule has 1 aromatic heterocycles. The number of ether oxygens (including phenoxy) is 1. The largest absolute Gasteiger partial charge is 0.381 e. The number of hydrogen-bond donors (Lipinski definition) is 1. The normalized spacial score (nSPS) is 17.6. The van der Waals surface area contributed by atoms with Crippen molar-refractivity contribution in [2.75, 3.05) is 25.6 Å². The second-order valence-electron chi connectivity index (χ2n) is 5.08. The molecule has 0 atom stereocenters. The van der Waals surface area contributed by atoms with Crippen LogP contribution in [0, 0.1) is 0 Å².